The standard InChI is InChI=1S/C13H12FNO2/c1-17-12-7-10(11(14)8-15-12)13(16)9-5-3-2-4-6-9/h2-8,13,16H,1H3. The largest absolute Gasteiger partial charge is 0.481 e. The number of hydrogen-bond donors (Lipinski definition) is 1. The van der Waals surface area contributed by atoms with Crippen molar-refractivity contribution < 1.29 is 14.2 Å². The number of benzene rings is 1. The summed E-state index contributed by atoms with van der Waals surface area (Å²) in [6.07, 6.45) is 0.0217. The number of ether oxygens (including phenoxy) is 1. The molecule has 0 aliphatic heterocycles. The van der Waals surface area contributed by atoms with Crippen molar-refractivity contribution in [2.45, 2.75) is 6.10 Å². The van der Waals surface area contributed by atoms with E-state index >= 15 is 0 Å². The van der Waals surface area contributed by atoms with E-state index in [1.165, 1.54) is 13.2 Å². The normalized spacial score (nSPS) is 12.2. The fourth-order valence-corrected chi connectivity index (χ4v) is 1.57. The third-order valence-corrected chi connectivity index (χ3v) is 2.48. The molecule has 3 nitrogen and oxygen atoms in total. The molecule has 0 saturated heterocycles. The number of halogens is 1. The van der Waals surface area contributed by atoms with E-state index in [0.717, 1.165) is 6.20 Å². The Morgan fingerprint density at radius 1 is 1.29 bits per heavy atom. The van der Waals surface area contributed by atoms with Crippen LogP contribution in [0.25, 0.3) is 0 Å². The first-order chi connectivity index (χ1) is 8.22. The van der Waals surface area contributed by atoms with Gasteiger partial charge in [0, 0.05) is 11.6 Å². The zero-order chi connectivity index (χ0) is 12.3. The van der Waals surface area contributed by atoms with E-state index in [4.69, 9.17) is 4.74 Å². The van der Waals surface area contributed by atoms with Crippen molar-refractivity contribution in [3.63, 3.8) is 0 Å². The van der Waals surface area contributed by atoms with Crippen molar-refractivity contribution in [3.05, 3.63) is 59.5 Å². The summed E-state index contributed by atoms with van der Waals surface area (Å²) in [6.45, 7) is 0. The summed E-state index contributed by atoms with van der Waals surface area (Å²) in [7, 11) is 1.44. The van der Waals surface area contributed by atoms with Crippen LogP contribution in [0.3, 0.4) is 0 Å². The average Bonchev–Trinajstić information content (AvgIpc) is 2.39. The maximum absolute atomic E-state index is 13.6. The first-order valence-corrected chi connectivity index (χ1v) is 5.15. The molecule has 1 heterocycles. The number of rotatable bonds is 3. The van der Waals surface area contributed by atoms with Gasteiger partial charge in [-0.3, -0.25) is 0 Å². The molecule has 0 saturated carbocycles. The molecule has 1 aromatic heterocycles. The molecule has 88 valence electrons. The minimum Gasteiger partial charge on any atom is -0.481 e. The predicted molar refractivity (Wildman–Crippen MR) is 61.3 cm³/mol. The van der Waals surface area contributed by atoms with Crippen molar-refractivity contribution in [2.24, 2.45) is 0 Å². The highest BCUT2D eigenvalue weighted by atomic mass is 19.1. The molecule has 2 aromatic rings. The van der Waals surface area contributed by atoms with Crippen molar-refractivity contribution in [1.29, 1.82) is 0 Å². The molecule has 1 atom stereocenters. The minimum absolute atomic E-state index is 0.156. The molecule has 2 rings (SSSR count). The van der Waals surface area contributed by atoms with Crippen molar-refractivity contribution in [1.82, 2.24) is 4.98 Å². The molecule has 1 unspecified atom stereocenters. The van der Waals surface area contributed by atoms with E-state index in [1.54, 1.807) is 24.3 Å². The summed E-state index contributed by atoms with van der Waals surface area (Å²) in [6, 6.07) is 10.3. The van der Waals surface area contributed by atoms with Gasteiger partial charge >= 0.3 is 0 Å². The van der Waals surface area contributed by atoms with E-state index < -0.39 is 11.9 Å². The van der Waals surface area contributed by atoms with E-state index in [2.05, 4.69) is 4.98 Å². The van der Waals surface area contributed by atoms with Crippen LogP contribution >= 0.6 is 0 Å². The second-order valence-electron chi connectivity index (χ2n) is 3.56. The van der Waals surface area contributed by atoms with Gasteiger partial charge in [0.25, 0.3) is 0 Å². The summed E-state index contributed by atoms with van der Waals surface area (Å²) in [5.74, 6) is -0.279. The maximum atomic E-state index is 13.6. The van der Waals surface area contributed by atoms with Crippen LogP contribution in [0.1, 0.15) is 17.2 Å². The third kappa shape index (κ3) is 2.42. The lowest BCUT2D eigenvalue weighted by molar-refractivity contribution is 0.214. The lowest BCUT2D eigenvalue weighted by Gasteiger charge is -2.12. The molecule has 0 aliphatic carbocycles. The second kappa shape index (κ2) is 4.93. The Bertz CT molecular complexity index is 502. The number of aliphatic hydroxyl groups is 1. The maximum Gasteiger partial charge on any atom is 0.213 e. The molecule has 0 bridgehead atoms. The summed E-state index contributed by atoms with van der Waals surface area (Å²) >= 11 is 0. The van der Waals surface area contributed by atoms with Crippen LogP contribution in [0.4, 0.5) is 4.39 Å². The molecule has 0 radical (unpaired) electrons. The number of hydrogen-bond acceptors (Lipinski definition) is 3. The lowest BCUT2D eigenvalue weighted by atomic mass is 10.0. The fraction of sp³-hybridized carbons (Fsp3) is 0.154. The smallest absolute Gasteiger partial charge is 0.213 e. The highest BCUT2D eigenvalue weighted by Gasteiger charge is 2.16. The Balaban J connectivity index is 2.40. The summed E-state index contributed by atoms with van der Waals surface area (Å²) < 4.78 is 18.5. The Morgan fingerprint density at radius 3 is 2.65 bits per heavy atom. The quantitative estimate of drug-likeness (QED) is 0.884. The summed E-state index contributed by atoms with van der Waals surface area (Å²) in [4.78, 5) is 3.73. The molecule has 4 heteroatoms. The van der Waals surface area contributed by atoms with Gasteiger partial charge in [-0.15, -0.1) is 0 Å². The fourth-order valence-electron chi connectivity index (χ4n) is 1.57. The Kier molecular flexibility index (Phi) is 3.35. The van der Waals surface area contributed by atoms with Crippen LogP contribution < -0.4 is 4.74 Å². The zero-order valence-corrected chi connectivity index (χ0v) is 9.30. The highest BCUT2D eigenvalue weighted by molar-refractivity contribution is 5.32. The first kappa shape index (κ1) is 11.5. The van der Waals surface area contributed by atoms with E-state index in [0.29, 0.717) is 5.56 Å². The zero-order valence-electron chi connectivity index (χ0n) is 9.30. The Labute approximate surface area is 98.5 Å². The average molecular weight is 233 g/mol. The molecule has 0 aliphatic rings. The molecule has 17 heavy (non-hydrogen) atoms. The molecule has 0 fully saturated rings. The molecular weight excluding hydrogens is 221 g/mol. The van der Waals surface area contributed by atoms with Gasteiger partial charge in [-0.2, -0.15) is 0 Å². The summed E-state index contributed by atoms with van der Waals surface area (Å²) in [5, 5.41) is 10.1. The van der Waals surface area contributed by atoms with Crippen LogP contribution in [0.15, 0.2) is 42.6 Å². The number of methoxy groups -OCH3 is 1. The van der Waals surface area contributed by atoms with Gasteiger partial charge in [-0.05, 0) is 5.56 Å². The Morgan fingerprint density at radius 2 is 2.00 bits per heavy atom. The van der Waals surface area contributed by atoms with Crippen LogP contribution in [0, 0.1) is 5.82 Å². The molecule has 0 spiro atoms. The Hall–Kier alpha value is -1.94. The third-order valence-electron chi connectivity index (χ3n) is 2.48. The van der Waals surface area contributed by atoms with Gasteiger partial charge in [-0.1, -0.05) is 30.3 Å². The van der Waals surface area contributed by atoms with E-state index in [-0.39, 0.29) is 11.4 Å². The molecular formula is C13H12FNO2. The number of aromatic nitrogens is 1. The van der Waals surface area contributed by atoms with Gasteiger partial charge < -0.3 is 9.84 Å². The number of nitrogens with zero attached hydrogens (tertiary/aromatic N) is 1. The monoisotopic (exact) mass is 233 g/mol. The highest BCUT2D eigenvalue weighted by Crippen LogP contribution is 2.25. The molecule has 1 aromatic carbocycles. The minimum atomic E-state index is -1.02. The second-order valence-corrected chi connectivity index (χ2v) is 3.56. The van der Waals surface area contributed by atoms with Crippen LogP contribution in [-0.2, 0) is 0 Å². The first-order valence-electron chi connectivity index (χ1n) is 5.15. The van der Waals surface area contributed by atoms with E-state index in [9.17, 15) is 9.50 Å². The molecule has 1 N–H and O–H groups in total. The topological polar surface area (TPSA) is 42.4 Å². The van der Waals surface area contributed by atoms with Crippen LogP contribution in [0.5, 0.6) is 5.88 Å². The van der Waals surface area contributed by atoms with Crippen LogP contribution in [0.2, 0.25) is 0 Å². The summed E-state index contributed by atoms with van der Waals surface area (Å²) in [5.41, 5.74) is 0.780. The number of pyridine rings is 1. The number of aliphatic hydroxyl groups excluding tert-OH is 1. The van der Waals surface area contributed by atoms with E-state index in [1.807, 2.05) is 6.07 Å². The predicted octanol–water partition coefficient (Wildman–Crippen LogP) is 2.31. The van der Waals surface area contributed by atoms with Gasteiger partial charge in [0.15, 0.2) is 0 Å². The van der Waals surface area contributed by atoms with Crippen molar-refractivity contribution in [3.8, 4) is 5.88 Å². The molecule has 0 amide bonds. The van der Waals surface area contributed by atoms with Gasteiger partial charge in [0.2, 0.25) is 5.88 Å². The lowest BCUT2D eigenvalue weighted by Crippen LogP contribution is -2.04. The van der Waals surface area contributed by atoms with Crippen molar-refractivity contribution >= 4 is 0 Å². The van der Waals surface area contributed by atoms with Gasteiger partial charge in [-0.25, -0.2) is 9.37 Å². The SMILES string of the molecule is COc1cc(C(O)c2ccccc2)c(F)cn1. The van der Waals surface area contributed by atoms with Crippen molar-refractivity contribution in [2.75, 3.05) is 7.11 Å². The van der Waals surface area contributed by atoms with Gasteiger partial charge in [0.1, 0.15) is 11.9 Å². The van der Waals surface area contributed by atoms with Gasteiger partial charge in [0.05, 0.1) is 13.3 Å². The van der Waals surface area contributed by atoms with Crippen LogP contribution in [-0.4, -0.2) is 17.2 Å².